The molecule has 0 aliphatic carbocycles. The van der Waals surface area contributed by atoms with E-state index in [-0.39, 0.29) is 0 Å². The third-order valence-electron chi connectivity index (χ3n) is 4.61. The lowest BCUT2D eigenvalue weighted by molar-refractivity contribution is 1.10. The van der Waals surface area contributed by atoms with Crippen molar-refractivity contribution in [2.75, 3.05) is 0 Å². The maximum atomic E-state index is 4.80. The monoisotopic (exact) mass is 354 g/mol. The fraction of sp³-hybridized carbons (Fsp3) is 0.174. The minimum absolute atomic E-state index is 0.744. The molecule has 0 amide bonds. The molecule has 4 aromatic rings. The van der Waals surface area contributed by atoms with Gasteiger partial charge >= 0.3 is 0 Å². The molecular weight excluding hydrogens is 332 g/mol. The molecule has 2 aromatic heterocycles. The number of pyridine rings is 1. The third-order valence-corrected chi connectivity index (χ3v) is 4.61. The Morgan fingerprint density at radius 1 is 0.889 bits per heavy atom. The first-order valence-electron chi connectivity index (χ1n) is 9.20. The van der Waals surface area contributed by atoms with Gasteiger partial charge in [-0.25, -0.2) is 4.98 Å². The Hall–Kier alpha value is -3.27. The average molecular weight is 354 g/mol. The van der Waals surface area contributed by atoms with Crippen molar-refractivity contribution < 1.29 is 0 Å². The second kappa shape index (κ2) is 7.16. The van der Waals surface area contributed by atoms with Crippen molar-refractivity contribution in [2.45, 2.75) is 27.2 Å². The molecule has 4 heteroatoms. The summed E-state index contributed by atoms with van der Waals surface area (Å²) >= 11 is 0. The fourth-order valence-electron chi connectivity index (χ4n) is 3.28. The predicted molar refractivity (Wildman–Crippen MR) is 110 cm³/mol. The Bertz CT molecular complexity index is 1100. The van der Waals surface area contributed by atoms with Gasteiger partial charge in [0.2, 0.25) is 0 Å². The molecule has 2 heterocycles. The van der Waals surface area contributed by atoms with Gasteiger partial charge in [-0.1, -0.05) is 43.3 Å². The number of imidazole rings is 1. The van der Waals surface area contributed by atoms with E-state index >= 15 is 0 Å². The van der Waals surface area contributed by atoms with Gasteiger partial charge in [0, 0.05) is 11.8 Å². The summed E-state index contributed by atoms with van der Waals surface area (Å²) in [5.74, 6) is 0.744. The van der Waals surface area contributed by atoms with E-state index < -0.39 is 0 Å². The lowest BCUT2D eigenvalue weighted by Crippen LogP contribution is -1.83. The standard InChI is InChI=1S/C23H22N4/c1-4-18-8-10-19(11-9-18)22-23(27-12-6-5-7-21(27)24-22)26-25-20-14-16(2)13-17(3)15-20/h5-15H,4H2,1-3H3. The first-order chi connectivity index (χ1) is 13.1. The summed E-state index contributed by atoms with van der Waals surface area (Å²) in [5.41, 5.74) is 7.27. The van der Waals surface area contributed by atoms with E-state index in [2.05, 4.69) is 61.3 Å². The molecule has 0 spiro atoms. The molecular formula is C23H22N4. The minimum Gasteiger partial charge on any atom is -0.283 e. The number of fused-ring (bicyclic) bond motifs is 1. The summed E-state index contributed by atoms with van der Waals surface area (Å²) in [4.78, 5) is 4.80. The van der Waals surface area contributed by atoms with Gasteiger partial charge in [-0.15, -0.1) is 10.2 Å². The Morgan fingerprint density at radius 2 is 1.63 bits per heavy atom. The van der Waals surface area contributed by atoms with Gasteiger partial charge < -0.3 is 0 Å². The summed E-state index contributed by atoms with van der Waals surface area (Å²) in [6, 6.07) is 20.7. The number of rotatable bonds is 4. The zero-order valence-electron chi connectivity index (χ0n) is 15.8. The Kier molecular flexibility index (Phi) is 4.55. The van der Waals surface area contributed by atoms with E-state index in [1.807, 2.05) is 40.9 Å². The van der Waals surface area contributed by atoms with E-state index in [1.54, 1.807) is 0 Å². The highest BCUT2D eigenvalue weighted by atomic mass is 15.2. The maximum absolute atomic E-state index is 4.80. The van der Waals surface area contributed by atoms with Crippen molar-refractivity contribution in [3.8, 4) is 11.3 Å². The molecule has 4 nitrogen and oxygen atoms in total. The van der Waals surface area contributed by atoms with Crippen LogP contribution in [-0.2, 0) is 6.42 Å². The normalized spacial score (nSPS) is 11.5. The smallest absolute Gasteiger partial charge is 0.187 e. The van der Waals surface area contributed by atoms with Gasteiger partial charge in [-0.2, -0.15) is 0 Å². The molecule has 0 N–H and O–H groups in total. The molecule has 0 atom stereocenters. The number of aryl methyl sites for hydroxylation is 3. The second-order valence-corrected chi connectivity index (χ2v) is 6.81. The number of nitrogens with zero attached hydrogens (tertiary/aromatic N) is 4. The molecule has 4 rings (SSSR count). The van der Waals surface area contributed by atoms with Gasteiger partial charge in [0.25, 0.3) is 0 Å². The molecule has 0 unspecified atom stereocenters. The van der Waals surface area contributed by atoms with Gasteiger partial charge in [-0.3, -0.25) is 4.40 Å². The van der Waals surface area contributed by atoms with Gasteiger partial charge in [0.05, 0.1) is 5.69 Å². The van der Waals surface area contributed by atoms with Crippen LogP contribution in [0.2, 0.25) is 0 Å². The minimum atomic E-state index is 0.744. The summed E-state index contributed by atoms with van der Waals surface area (Å²) in [6.07, 6.45) is 2.99. The molecule has 0 fully saturated rings. The SMILES string of the molecule is CCc1ccc(-c2nc3ccccn3c2N=Nc2cc(C)cc(C)c2)cc1. The summed E-state index contributed by atoms with van der Waals surface area (Å²) in [6.45, 7) is 6.30. The summed E-state index contributed by atoms with van der Waals surface area (Å²) in [5, 5.41) is 9.10. The van der Waals surface area contributed by atoms with E-state index in [4.69, 9.17) is 4.98 Å². The predicted octanol–water partition coefficient (Wildman–Crippen LogP) is 6.60. The van der Waals surface area contributed by atoms with Crippen molar-refractivity contribution in [2.24, 2.45) is 10.2 Å². The fourth-order valence-corrected chi connectivity index (χ4v) is 3.28. The third kappa shape index (κ3) is 3.51. The molecule has 0 saturated carbocycles. The Morgan fingerprint density at radius 3 is 2.33 bits per heavy atom. The Labute approximate surface area is 159 Å². The highest BCUT2D eigenvalue weighted by molar-refractivity contribution is 5.74. The molecule has 2 aromatic carbocycles. The van der Waals surface area contributed by atoms with Crippen LogP contribution in [0.4, 0.5) is 11.5 Å². The molecule has 27 heavy (non-hydrogen) atoms. The molecule has 0 saturated heterocycles. The number of aromatic nitrogens is 2. The summed E-state index contributed by atoms with van der Waals surface area (Å²) in [7, 11) is 0. The van der Waals surface area contributed by atoms with Crippen LogP contribution in [0.5, 0.6) is 0 Å². The van der Waals surface area contributed by atoms with E-state index in [0.717, 1.165) is 34.8 Å². The van der Waals surface area contributed by atoms with Crippen molar-refractivity contribution in [1.82, 2.24) is 9.38 Å². The molecule has 0 bridgehead atoms. The van der Waals surface area contributed by atoms with Crippen LogP contribution in [0.1, 0.15) is 23.6 Å². The first kappa shape index (κ1) is 17.2. The van der Waals surface area contributed by atoms with Crippen LogP contribution < -0.4 is 0 Å². The molecule has 134 valence electrons. The largest absolute Gasteiger partial charge is 0.283 e. The van der Waals surface area contributed by atoms with E-state index in [1.165, 1.54) is 16.7 Å². The van der Waals surface area contributed by atoms with Crippen molar-refractivity contribution in [1.29, 1.82) is 0 Å². The first-order valence-corrected chi connectivity index (χ1v) is 9.20. The van der Waals surface area contributed by atoms with E-state index in [0.29, 0.717) is 0 Å². The highest BCUT2D eigenvalue weighted by Crippen LogP contribution is 2.32. The van der Waals surface area contributed by atoms with Crippen LogP contribution in [0.25, 0.3) is 16.9 Å². The number of benzene rings is 2. The molecule has 0 radical (unpaired) electrons. The lowest BCUT2D eigenvalue weighted by atomic mass is 10.1. The van der Waals surface area contributed by atoms with Crippen LogP contribution in [-0.4, -0.2) is 9.38 Å². The van der Waals surface area contributed by atoms with Crippen molar-refractivity contribution >= 4 is 17.2 Å². The Balaban J connectivity index is 1.83. The van der Waals surface area contributed by atoms with Crippen LogP contribution in [0, 0.1) is 13.8 Å². The molecule has 0 aliphatic heterocycles. The number of azo groups is 1. The molecule has 0 aliphatic rings. The van der Waals surface area contributed by atoms with Crippen LogP contribution >= 0.6 is 0 Å². The second-order valence-electron chi connectivity index (χ2n) is 6.81. The van der Waals surface area contributed by atoms with Crippen LogP contribution in [0.3, 0.4) is 0 Å². The highest BCUT2D eigenvalue weighted by Gasteiger charge is 2.13. The zero-order valence-corrected chi connectivity index (χ0v) is 15.8. The zero-order chi connectivity index (χ0) is 18.8. The summed E-state index contributed by atoms with van der Waals surface area (Å²) < 4.78 is 1.98. The van der Waals surface area contributed by atoms with Crippen molar-refractivity contribution in [3.05, 3.63) is 83.6 Å². The topological polar surface area (TPSA) is 42.0 Å². The van der Waals surface area contributed by atoms with Crippen LogP contribution in [0.15, 0.2) is 77.1 Å². The maximum Gasteiger partial charge on any atom is 0.187 e. The number of hydrogen-bond donors (Lipinski definition) is 0. The van der Waals surface area contributed by atoms with Gasteiger partial charge in [0.15, 0.2) is 5.82 Å². The number of hydrogen-bond acceptors (Lipinski definition) is 3. The quantitative estimate of drug-likeness (QED) is 0.381. The van der Waals surface area contributed by atoms with Gasteiger partial charge in [-0.05, 0) is 61.2 Å². The average Bonchev–Trinajstić information content (AvgIpc) is 3.04. The van der Waals surface area contributed by atoms with Gasteiger partial charge in [0.1, 0.15) is 11.3 Å². The lowest BCUT2D eigenvalue weighted by Gasteiger charge is -2.02. The van der Waals surface area contributed by atoms with Crippen molar-refractivity contribution in [3.63, 3.8) is 0 Å². The van der Waals surface area contributed by atoms with E-state index in [9.17, 15) is 0 Å².